The Morgan fingerprint density at radius 2 is 2.05 bits per heavy atom. The Morgan fingerprint density at radius 3 is 2.71 bits per heavy atom. The zero-order valence-electron chi connectivity index (χ0n) is 12.4. The number of rotatable bonds is 2. The molecule has 0 bridgehead atoms. The number of fused-ring (bicyclic) bond motifs is 1. The first-order chi connectivity index (χ1) is 10.1. The van der Waals surface area contributed by atoms with Gasteiger partial charge < -0.3 is 14.3 Å². The van der Waals surface area contributed by atoms with Crippen molar-refractivity contribution in [2.24, 2.45) is 0 Å². The molecular formula is C17H20O4. The molecule has 0 unspecified atom stereocenters. The van der Waals surface area contributed by atoms with E-state index < -0.39 is 5.97 Å². The van der Waals surface area contributed by atoms with Crippen LogP contribution in [0.25, 0.3) is 11.0 Å². The van der Waals surface area contributed by atoms with Crippen molar-refractivity contribution in [3.8, 4) is 5.75 Å². The van der Waals surface area contributed by atoms with Gasteiger partial charge in [0.2, 0.25) is 0 Å². The van der Waals surface area contributed by atoms with Crippen molar-refractivity contribution in [3.05, 3.63) is 29.0 Å². The molecule has 4 nitrogen and oxygen atoms in total. The highest BCUT2D eigenvalue weighted by Gasteiger charge is 2.28. The van der Waals surface area contributed by atoms with E-state index >= 15 is 0 Å². The first kappa shape index (κ1) is 14.0. The van der Waals surface area contributed by atoms with E-state index in [1.165, 1.54) is 26.4 Å². The highest BCUT2D eigenvalue weighted by molar-refractivity contribution is 6.03. The lowest BCUT2D eigenvalue weighted by Crippen LogP contribution is -2.11. The molecule has 1 saturated carbocycles. The molecule has 21 heavy (non-hydrogen) atoms. The predicted molar refractivity (Wildman–Crippen MR) is 79.8 cm³/mol. The summed E-state index contributed by atoms with van der Waals surface area (Å²) in [6, 6.07) is 1.71. The third kappa shape index (κ3) is 2.19. The maximum atomic E-state index is 12.0. The van der Waals surface area contributed by atoms with Crippen LogP contribution in [0.3, 0.4) is 0 Å². The van der Waals surface area contributed by atoms with Crippen LogP contribution in [0.1, 0.15) is 59.5 Å². The summed E-state index contributed by atoms with van der Waals surface area (Å²) in [5.74, 6) is -0.149. The summed E-state index contributed by atoms with van der Waals surface area (Å²) in [4.78, 5) is 12.0. The topological polar surface area (TPSA) is 59.7 Å². The van der Waals surface area contributed by atoms with Crippen LogP contribution in [0.2, 0.25) is 0 Å². The van der Waals surface area contributed by atoms with Gasteiger partial charge in [0.05, 0.1) is 18.8 Å². The van der Waals surface area contributed by atoms with E-state index in [4.69, 9.17) is 9.15 Å². The fourth-order valence-corrected chi connectivity index (χ4v) is 3.56. The number of benzene rings is 1. The van der Waals surface area contributed by atoms with Gasteiger partial charge in [-0.2, -0.15) is 0 Å². The van der Waals surface area contributed by atoms with Crippen LogP contribution in [0.4, 0.5) is 0 Å². The fourth-order valence-electron chi connectivity index (χ4n) is 3.56. The smallest absolute Gasteiger partial charge is 0.341 e. The number of carbonyl (C=O) groups is 1. The van der Waals surface area contributed by atoms with Crippen molar-refractivity contribution in [1.82, 2.24) is 0 Å². The number of furan rings is 1. The van der Waals surface area contributed by atoms with Gasteiger partial charge in [-0.25, -0.2) is 4.79 Å². The maximum Gasteiger partial charge on any atom is 0.341 e. The molecule has 1 aliphatic rings. The van der Waals surface area contributed by atoms with Crippen molar-refractivity contribution in [3.63, 3.8) is 0 Å². The zero-order chi connectivity index (χ0) is 15.0. The van der Waals surface area contributed by atoms with E-state index in [1.807, 2.05) is 6.92 Å². The molecule has 1 heterocycles. The molecule has 4 heteroatoms. The third-order valence-corrected chi connectivity index (χ3v) is 4.58. The lowest BCUT2D eigenvalue weighted by Gasteiger charge is -2.25. The van der Waals surface area contributed by atoms with Gasteiger partial charge in [0, 0.05) is 5.56 Å². The van der Waals surface area contributed by atoms with E-state index in [1.54, 1.807) is 12.3 Å². The minimum atomic E-state index is -0.495. The van der Waals surface area contributed by atoms with E-state index in [-0.39, 0.29) is 11.3 Å². The molecule has 1 aliphatic carbocycles. The Labute approximate surface area is 123 Å². The molecule has 1 aromatic carbocycles. The summed E-state index contributed by atoms with van der Waals surface area (Å²) in [6.45, 7) is 1.87. The Morgan fingerprint density at radius 1 is 1.33 bits per heavy atom. The molecule has 0 atom stereocenters. The molecule has 1 fully saturated rings. The molecule has 0 spiro atoms. The van der Waals surface area contributed by atoms with Gasteiger partial charge in [-0.1, -0.05) is 19.3 Å². The Balaban J connectivity index is 2.26. The first-order valence-corrected chi connectivity index (χ1v) is 7.46. The summed E-state index contributed by atoms with van der Waals surface area (Å²) in [7, 11) is 1.33. The van der Waals surface area contributed by atoms with E-state index in [0.29, 0.717) is 16.9 Å². The average Bonchev–Trinajstić information content (AvgIpc) is 2.97. The number of phenolic OH excluding ortho intramolecular Hbond substituents is 1. The molecule has 0 saturated heterocycles. The fraction of sp³-hybridized carbons (Fsp3) is 0.471. The summed E-state index contributed by atoms with van der Waals surface area (Å²) in [6.07, 6.45) is 7.42. The van der Waals surface area contributed by atoms with Gasteiger partial charge in [0.1, 0.15) is 16.9 Å². The lowest BCUT2D eigenvalue weighted by molar-refractivity contribution is 0.0596. The summed E-state index contributed by atoms with van der Waals surface area (Å²) >= 11 is 0. The molecular weight excluding hydrogens is 268 g/mol. The first-order valence-electron chi connectivity index (χ1n) is 7.46. The van der Waals surface area contributed by atoms with E-state index in [0.717, 1.165) is 24.0 Å². The van der Waals surface area contributed by atoms with Crippen molar-refractivity contribution >= 4 is 16.9 Å². The molecule has 0 aliphatic heterocycles. The number of phenols is 1. The number of carbonyl (C=O) groups excluding carboxylic acids is 1. The van der Waals surface area contributed by atoms with Crippen LogP contribution in [-0.4, -0.2) is 18.2 Å². The normalized spacial score (nSPS) is 16.3. The second-order valence-corrected chi connectivity index (χ2v) is 5.75. The van der Waals surface area contributed by atoms with Gasteiger partial charge in [-0.05, 0) is 37.3 Å². The minimum absolute atomic E-state index is 0.0392. The molecule has 3 rings (SSSR count). The molecule has 1 N–H and O–H groups in total. The second-order valence-electron chi connectivity index (χ2n) is 5.75. The third-order valence-electron chi connectivity index (χ3n) is 4.58. The number of ether oxygens (including phenoxy) is 1. The number of hydrogen-bond donors (Lipinski definition) is 1. The monoisotopic (exact) mass is 288 g/mol. The van der Waals surface area contributed by atoms with Crippen LogP contribution in [0, 0.1) is 6.92 Å². The van der Waals surface area contributed by atoms with Gasteiger partial charge in [-0.3, -0.25) is 0 Å². The maximum absolute atomic E-state index is 12.0. The minimum Gasteiger partial charge on any atom is -0.506 e. The van der Waals surface area contributed by atoms with Crippen molar-refractivity contribution < 1.29 is 19.1 Å². The second kappa shape index (κ2) is 5.43. The standard InChI is InChI=1S/C17H20O4/c1-10-13(11-6-4-3-5-7-11)16-12(8-9-21-16)15(18)14(10)17(19)20-2/h8-9,11,18H,3-7H2,1-2H3. The van der Waals surface area contributed by atoms with Gasteiger partial charge in [-0.15, -0.1) is 0 Å². The Hall–Kier alpha value is -1.97. The summed E-state index contributed by atoms with van der Waals surface area (Å²) in [5.41, 5.74) is 2.83. The van der Waals surface area contributed by atoms with Gasteiger partial charge in [0.15, 0.2) is 0 Å². The summed E-state index contributed by atoms with van der Waals surface area (Å²) < 4.78 is 10.5. The number of aromatic hydroxyl groups is 1. The highest BCUT2D eigenvalue weighted by Crippen LogP contribution is 2.43. The van der Waals surface area contributed by atoms with E-state index in [9.17, 15) is 9.90 Å². The Bertz CT molecular complexity index is 678. The molecule has 112 valence electrons. The SMILES string of the molecule is COC(=O)c1c(C)c(C2CCCCC2)c2occc2c1O. The van der Waals surface area contributed by atoms with Crippen molar-refractivity contribution in [2.45, 2.75) is 44.9 Å². The molecule has 0 amide bonds. The van der Waals surface area contributed by atoms with Crippen LogP contribution in [0.5, 0.6) is 5.75 Å². The summed E-state index contributed by atoms with van der Waals surface area (Å²) in [5, 5.41) is 11.0. The molecule has 2 aromatic rings. The van der Waals surface area contributed by atoms with Crippen molar-refractivity contribution in [2.75, 3.05) is 7.11 Å². The number of hydrogen-bond acceptors (Lipinski definition) is 4. The van der Waals surface area contributed by atoms with Crippen LogP contribution in [-0.2, 0) is 4.74 Å². The lowest BCUT2D eigenvalue weighted by atomic mass is 9.80. The van der Waals surface area contributed by atoms with Crippen LogP contribution < -0.4 is 0 Å². The van der Waals surface area contributed by atoms with Crippen LogP contribution in [0.15, 0.2) is 16.7 Å². The van der Waals surface area contributed by atoms with E-state index in [2.05, 4.69) is 0 Å². The molecule has 0 radical (unpaired) electrons. The van der Waals surface area contributed by atoms with Crippen LogP contribution >= 0.6 is 0 Å². The average molecular weight is 288 g/mol. The number of esters is 1. The van der Waals surface area contributed by atoms with Gasteiger partial charge in [0.25, 0.3) is 0 Å². The largest absolute Gasteiger partial charge is 0.506 e. The highest BCUT2D eigenvalue weighted by atomic mass is 16.5. The number of methoxy groups -OCH3 is 1. The molecule has 1 aromatic heterocycles. The van der Waals surface area contributed by atoms with Gasteiger partial charge >= 0.3 is 5.97 Å². The zero-order valence-corrected chi connectivity index (χ0v) is 12.4. The van der Waals surface area contributed by atoms with Crippen molar-refractivity contribution in [1.29, 1.82) is 0 Å². The quantitative estimate of drug-likeness (QED) is 0.838. The Kier molecular flexibility index (Phi) is 3.62. The predicted octanol–water partition coefficient (Wildman–Crippen LogP) is 4.28.